The molecule has 27 heavy (non-hydrogen) atoms. The van der Waals surface area contributed by atoms with Gasteiger partial charge in [0.05, 0.1) is 11.1 Å². The largest absolute Gasteiger partial charge is 0.355 e. The topological polar surface area (TPSA) is 64.0 Å². The van der Waals surface area contributed by atoms with Crippen molar-refractivity contribution in [3.05, 3.63) is 20.8 Å². The average Bonchev–Trinajstić information content (AvgIpc) is 3.21. The van der Waals surface area contributed by atoms with Crippen molar-refractivity contribution < 1.29 is 4.79 Å². The van der Waals surface area contributed by atoms with Crippen molar-refractivity contribution in [3.8, 4) is 0 Å². The standard InChI is InChI=1S/C20H29N3O2S2/c1-12(2)9-10-21-16(24)11-26-20-22-18-17(13(3)14(4)27-18)19(25)23(20)15-7-5-6-8-15/h12,15H,5-11H2,1-4H3,(H,21,24). The van der Waals surface area contributed by atoms with Crippen LogP contribution in [0, 0.1) is 19.8 Å². The SMILES string of the molecule is Cc1sc2nc(SCC(=O)NCCC(C)C)n(C3CCCC3)c(=O)c2c1C. The molecule has 0 unspecified atom stereocenters. The van der Waals surface area contributed by atoms with Crippen LogP contribution in [0.25, 0.3) is 10.2 Å². The highest BCUT2D eigenvalue weighted by Gasteiger charge is 2.25. The number of thioether (sulfide) groups is 1. The normalized spacial score (nSPS) is 15.1. The molecule has 2 heterocycles. The molecule has 5 nitrogen and oxygen atoms in total. The van der Waals surface area contributed by atoms with Crippen molar-refractivity contribution in [3.63, 3.8) is 0 Å². The van der Waals surface area contributed by atoms with E-state index in [9.17, 15) is 9.59 Å². The first-order chi connectivity index (χ1) is 12.9. The van der Waals surface area contributed by atoms with Gasteiger partial charge in [0.15, 0.2) is 5.16 Å². The van der Waals surface area contributed by atoms with Gasteiger partial charge in [0.25, 0.3) is 5.56 Å². The maximum absolute atomic E-state index is 13.3. The number of carbonyl (C=O) groups is 1. The quantitative estimate of drug-likeness (QED) is 0.544. The monoisotopic (exact) mass is 407 g/mol. The Labute approximate surface area is 169 Å². The van der Waals surface area contributed by atoms with Gasteiger partial charge in [-0.3, -0.25) is 14.2 Å². The Balaban J connectivity index is 1.86. The molecule has 148 valence electrons. The second-order valence-electron chi connectivity index (χ2n) is 7.79. The Morgan fingerprint density at radius 2 is 2.04 bits per heavy atom. The predicted octanol–water partition coefficient (Wildman–Crippen LogP) is 4.44. The molecule has 1 fully saturated rings. The number of amides is 1. The summed E-state index contributed by atoms with van der Waals surface area (Å²) in [6.07, 6.45) is 5.31. The molecule has 0 atom stereocenters. The van der Waals surface area contributed by atoms with E-state index in [0.29, 0.717) is 23.4 Å². The van der Waals surface area contributed by atoms with Gasteiger partial charge in [-0.05, 0) is 44.6 Å². The molecule has 0 saturated heterocycles. The molecule has 3 rings (SSSR count). The van der Waals surface area contributed by atoms with Crippen molar-refractivity contribution in [2.45, 2.75) is 71.0 Å². The van der Waals surface area contributed by atoms with Gasteiger partial charge in [-0.25, -0.2) is 4.98 Å². The Bertz CT molecular complexity index is 879. The maximum atomic E-state index is 13.3. The van der Waals surface area contributed by atoms with Crippen molar-refractivity contribution in [2.75, 3.05) is 12.3 Å². The molecule has 1 N–H and O–H groups in total. The predicted molar refractivity (Wildman–Crippen MR) is 114 cm³/mol. The summed E-state index contributed by atoms with van der Waals surface area (Å²) < 4.78 is 1.88. The lowest BCUT2D eigenvalue weighted by Crippen LogP contribution is -2.29. The zero-order valence-corrected chi connectivity index (χ0v) is 18.3. The van der Waals surface area contributed by atoms with Crippen molar-refractivity contribution in [1.29, 1.82) is 0 Å². The molecule has 2 aromatic rings. The fourth-order valence-electron chi connectivity index (χ4n) is 3.56. The zero-order chi connectivity index (χ0) is 19.6. The number of aryl methyl sites for hydroxylation is 2. The molecule has 2 aromatic heterocycles. The number of carbonyl (C=O) groups excluding carboxylic acids is 1. The highest BCUT2D eigenvalue weighted by atomic mass is 32.2. The first-order valence-corrected chi connectivity index (χ1v) is 11.6. The van der Waals surface area contributed by atoms with E-state index >= 15 is 0 Å². The summed E-state index contributed by atoms with van der Waals surface area (Å²) in [5.74, 6) is 0.873. The molecule has 0 radical (unpaired) electrons. The van der Waals surface area contributed by atoms with Crippen LogP contribution in [-0.4, -0.2) is 27.8 Å². The first-order valence-electron chi connectivity index (χ1n) is 9.80. The van der Waals surface area contributed by atoms with Gasteiger partial charge in [0, 0.05) is 17.5 Å². The molecule has 1 aliphatic rings. The van der Waals surface area contributed by atoms with Crippen LogP contribution in [0.5, 0.6) is 0 Å². The second kappa shape index (κ2) is 8.78. The third kappa shape index (κ3) is 4.57. The number of nitrogens with one attached hydrogen (secondary N) is 1. The van der Waals surface area contributed by atoms with Gasteiger partial charge >= 0.3 is 0 Å². The number of nitrogens with zero attached hydrogens (tertiary/aromatic N) is 2. The molecule has 1 saturated carbocycles. The average molecular weight is 408 g/mol. The third-order valence-electron chi connectivity index (χ3n) is 5.27. The van der Waals surface area contributed by atoms with E-state index in [4.69, 9.17) is 4.98 Å². The van der Waals surface area contributed by atoms with E-state index in [2.05, 4.69) is 19.2 Å². The van der Waals surface area contributed by atoms with E-state index in [1.807, 2.05) is 18.4 Å². The molecule has 7 heteroatoms. The number of hydrogen-bond donors (Lipinski definition) is 1. The summed E-state index contributed by atoms with van der Waals surface area (Å²) in [6, 6.07) is 0.209. The lowest BCUT2D eigenvalue weighted by molar-refractivity contribution is -0.118. The fraction of sp³-hybridized carbons (Fsp3) is 0.650. The molecule has 0 aromatic carbocycles. The summed E-state index contributed by atoms with van der Waals surface area (Å²) in [5.41, 5.74) is 1.11. The van der Waals surface area contributed by atoms with Crippen LogP contribution in [0.1, 0.15) is 62.4 Å². The first kappa shape index (κ1) is 20.4. The Morgan fingerprint density at radius 1 is 1.33 bits per heavy atom. The van der Waals surface area contributed by atoms with Crippen LogP contribution in [0.3, 0.4) is 0 Å². The number of aromatic nitrogens is 2. The van der Waals surface area contributed by atoms with Gasteiger partial charge < -0.3 is 5.32 Å². The molecular weight excluding hydrogens is 378 g/mol. The lowest BCUT2D eigenvalue weighted by atomic mass is 10.1. The van der Waals surface area contributed by atoms with Crippen molar-refractivity contribution in [2.24, 2.45) is 5.92 Å². The van der Waals surface area contributed by atoms with Crippen molar-refractivity contribution in [1.82, 2.24) is 14.9 Å². The Hall–Kier alpha value is -1.34. The highest BCUT2D eigenvalue weighted by Crippen LogP contribution is 2.34. The van der Waals surface area contributed by atoms with Gasteiger partial charge in [-0.15, -0.1) is 11.3 Å². The maximum Gasteiger partial charge on any atom is 0.263 e. The van der Waals surface area contributed by atoms with Gasteiger partial charge in [-0.1, -0.05) is 38.5 Å². The van der Waals surface area contributed by atoms with Crippen LogP contribution in [0.4, 0.5) is 0 Å². The zero-order valence-electron chi connectivity index (χ0n) is 16.6. The minimum Gasteiger partial charge on any atom is -0.355 e. The lowest BCUT2D eigenvalue weighted by Gasteiger charge is -2.18. The smallest absolute Gasteiger partial charge is 0.263 e. The summed E-state index contributed by atoms with van der Waals surface area (Å²) in [4.78, 5) is 32.2. The molecule has 1 amide bonds. The van der Waals surface area contributed by atoms with E-state index < -0.39 is 0 Å². The van der Waals surface area contributed by atoms with E-state index in [-0.39, 0.29) is 17.5 Å². The van der Waals surface area contributed by atoms with Crippen LogP contribution in [0.15, 0.2) is 9.95 Å². The van der Waals surface area contributed by atoms with E-state index in [1.54, 1.807) is 11.3 Å². The molecule has 0 aliphatic heterocycles. The van der Waals surface area contributed by atoms with Crippen LogP contribution in [-0.2, 0) is 4.79 Å². The molecule has 0 bridgehead atoms. The fourth-order valence-corrected chi connectivity index (χ4v) is 5.52. The minimum absolute atomic E-state index is 0.00603. The van der Waals surface area contributed by atoms with Crippen LogP contribution in [0.2, 0.25) is 0 Å². The minimum atomic E-state index is 0.00603. The highest BCUT2D eigenvalue weighted by molar-refractivity contribution is 7.99. The van der Waals surface area contributed by atoms with Gasteiger partial charge in [0.1, 0.15) is 4.83 Å². The van der Waals surface area contributed by atoms with E-state index in [0.717, 1.165) is 52.8 Å². The van der Waals surface area contributed by atoms with Crippen LogP contribution >= 0.6 is 23.1 Å². The number of thiophene rings is 1. The third-order valence-corrected chi connectivity index (χ3v) is 7.32. The molecule has 0 spiro atoms. The summed E-state index contributed by atoms with van der Waals surface area (Å²) >= 11 is 2.96. The Kier molecular flexibility index (Phi) is 6.63. The number of hydrogen-bond acceptors (Lipinski definition) is 5. The van der Waals surface area contributed by atoms with Crippen LogP contribution < -0.4 is 10.9 Å². The number of rotatable bonds is 7. The van der Waals surface area contributed by atoms with Gasteiger partial charge in [-0.2, -0.15) is 0 Å². The molecule has 1 aliphatic carbocycles. The summed E-state index contributed by atoms with van der Waals surface area (Å²) in [7, 11) is 0. The summed E-state index contributed by atoms with van der Waals surface area (Å²) in [5, 5.41) is 4.42. The van der Waals surface area contributed by atoms with E-state index in [1.165, 1.54) is 11.8 Å². The Morgan fingerprint density at radius 3 is 2.70 bits per heavy atom. The molecular formula is C20H29N3O2S2. The second-order valence-corrected chi connectivity index (χ2v) is 9.94. The van der Waals surface area contributed by atoms with Gasteiger partial charge in [0.2, 0.25) is 5.91 Å². The number of fused-ring (bicyclic) bond motifs is 1. The summed E-state index contributed by atoms with van der Waals surface area (Å²) in [6.45, 7) is 9.03. The van der Waals surface area contributed by atoms with Crippen molar-refractivity contribution >= 4 is 39.2 Å².